The Morgan fingerprint density at radius 1 is 1.22 bits per heavy atom. The minimum Gasteiger partial charge on any atom is -0.493 e. The van der Waals surface area contributed by atoms with E-state index in [-0.39, 0.29) is 0 Å². The van der Waals surface area contributed by atoms with Gasteiger partial charge >= 0.3 is 5.97 Å². The van der Waals surface area contributed by atoms with Crippen molar-refractivity contribution in [3.8, 4) is 11.5 Å². The van der Waals surface area contributed by atoms with Crippen molar-refractivity contribution in [2.75, 3.05) is 14.2 Å². The zero-order chi connectivity index (χ0) is 13.7. The number of carbonyl (C=O) groups is 2. The monoisotopic (exact) mass is 253 g/mol. The number of methoxy groups -OCH3 is 2. The third kappa shape index (κ3) is 3.13. The fourth-order valence-electron chi connectivity index (χ4n) is 1.52. The highest BCUT2D eigenvalue weighted by Gasteiger charge is 2.22. The third-order valence-corrected chi connectivity index (χ3v) is 2.34. The predicted octanol–water partition coefficient (Wildman–Crippen LogP) is 0.966. The van der Waals surface area contributed by atoms with Crippen molar-refractivity contribution in [2.45, 2.75) is 13.0 Å². The van der Waals surface area contributed by atoms with Gasteiger partial charge in [0.05, 0.1) is 14.2 Å². The normalized spacial score (nSPS) is 11.5. The molecule has 0 bridgehead atoms. The maximum Gasteiger partial charge on any atom is 0.330 e. The maximum atomic E-state index is 11.1. The summed E-state index contributed by atoms with van der Waals surface area (Å²) >= 11 is 0. The average Bonchev–Trinajstić information content (AvgIpc) is 2.34. The van der Waals surface area contributed by atoms with Gasteiger partial charge in [-0.2, -0.15) is 0 Å². The summed E-state index contributed by atoms with van der Waals surface area (Å²) < 4.78 is 10.1. The summed E-state index contributed by atoms with van der Waals surface area (Å²) in [6, 6.07) is 3.57. The number of benzene rings is 1. The summed E-state index contributed by atoms with van der Waals surface area (Å²) in [5, 5.41) is 11.4. The SMILES string of the molecule is COc1ccc(C(NC(C)=O)C(=O)O)cc1OC. The number of hydrogen-bond acceptors (Lipinski definition) is 4. The van der Waals surface area contributed by atoms with Gasteiger partial charge in [-0.05, 0) is 17.7 Å². The van der Waals surface area contributed by atoms with Crippen LogP contribution in [0.1, 0.15) is 18.5 Å². The molecule has 6 heteroatoms. The minimum absolute atomic E-state index is 0.409. The van der Waals surface area contributed by atoms with E-state index in [9.17, 15) is 9.59 Å². The van der Waals surface area contributed by atoms with Gasteiger partial charge < -0.3 is 19.9 Å². The van der Waals surface area contributed by atoms with Crippen LogP contribution in [0.2, 0.25) is 0 Å². The number of hydrogen-bond donors (Lipinski definition) is 2. The zero-order valence-electron chi connectivity index (χ0n) is 10.4. The zero-order valence-corrected chi connectivity index (χ0v) is 10.4. The van der Waals surface area contributed by atoms with Crippen molar-refractivity contribution in [1.29, 1.82) is 0 Å². The number of ether oxygens (including phenoxy) is 2. The second kappa shape index (κ2) is 5.90. The Balaban J connectivity index is 3.13. The molecule has 0 fully saturated rings. The summed E-state index contributed by atoms with van der Waals surface area (Å²) in [6.45, 7) is 1.26. The highest BCUT2D eigenvalue weighted by molar-refractivity contribution is 5.83. The number of rotatable bonds is 5. The predicted molar refractivity (Wildman–Crippen MR) is 63.7 cm³/mol. The number of carboxylic acid groups (broad SMARTS) is 1. The van der Waals surface area contributed by atoms with Gasteiger partial charge in [0.1, 0.15) is 0 Å². The molecule has 0 saturated heterocycles. The molecule has 1 rings (SSSR count). The molecule has 2 N–H and O–H groups in total. The molecule has 0 radical (unpaired) electrons. The molecule has 0 aliphatic heterocycles. The quantitative estimate of drug-likeness (QED) is 0.816. The first-order chi connectivity index (χ1) is 8.49. The van der Waals surface area contributed by atoms with Crippen LogP contribution in [0.5, 0.6) is 11.5 Å². The Morgan fingerprint density at radius 2 is 1.83 bits per heavy atom. The van der Waals surface area contributed by atoms with Gasteiger partial charge in [0.2, 0.25) is 5.91 Å². The van der Waals surface area contributed by atoms with Crippen molar-refractivity contribution in [3.05, 3.63) is 23.8 Å². The lowest BCUT2D eigenvalue weighted by atomic mass is 10.1. The standard InChI is InChI=1S/C12H15NO5/c1-7(14)13-11(12(15)16)8-4-5-9(17-2)10(6-8)18-3/h4-6,11H,1-3H3,(H,13,14)(H,15,16). The van der Waals surface area contributed by atoms with Gasteiger partial charge in [0.25, 0.3) is 0 Å². The van der Waals surface area contributed by atoms with Crippen LogP contribution < -0.4 is 14.8 Å². The Kier molecular flexibility index (Phi) is 4.53. The van der Waals surface area contributed by atoms with E-state index in [1.807, 2.05) is 0 Å². The Morgan fingerprint density at radius 3 is 2.28 bits per heavy atom. The van der Waals surface area contributed by atoms with E-state index in [0.717, 1.165) is 0 Å². The number of carbonyl (C=O) groups excluding carboxylic acids is 1. The topological polar surface area (TPSA) is 84.9 Å². The van der Waals surface area contributed by atoms with E-state index in [1.165, 1.54) is 27.2 Å². The number of nitrogens with one attached hydrogen (secondary N) is 1. The molecule has 1 atom stereocenters. The second-order valence-corrected chi connectivity index (χ2v) is 3.59. The fourth-order valence-corrected chi connectivity index (χ4v) is 1.52. The second-order valence-electron chi connectivity index (χ2n) is 3.59. The lowest BCUT2D eigenvalue weighted by Gasteiger charge is -2.15. The van der Waals surface area contributed by atoms with Crippen molar-refractivity contribution < 1.29 is 24.2 Å². The van der Waals surface area contributed by atoms with Crippen LogP contribution in [0.4, 0.5) is 0 Å². The van der Waals surface area contributed by atoms with E-state index < -0.39 is 17.9 Å². The van der Waals surface area contributed by atoms with Crippen molar-refractivity contribution >= 4 is 11.9 Å². The Hall–Kier alpha value is -2.24. The van der Waals surface area contributed by atoms with Crippen molar-refractivity contribution in [2.24, 2.45) is 0 Å². The van der Waals surface area contributed by atoms with E-state index in [1.54, 1.807) is 12.1 Å². The molecule has 0 saturated carbocycles. The molecule has 6 nitrogen and oxygen atoms in total. The number of aliphatic carboxylic acids is 1. The summed E-state index contributed by atoms with van der Waals surface area (Å²) in [5.41, 5.74) is 0.412. The fraction of sp³-hybridized carbons (Fsp3) is 0.333. The highest BCUT2D eigenvalue weighted by atomic mass is 16.5. The molecular weight excluding hydrogens is 238 g/mol. The Bertz CT molecular complexity index is 458. The summed E-state index contributed by atoms with van der Waals surface area (Å²) in [5.74, 6) is -0.658. The van der Waals surface area contributed by atoms with Gasteiger partial charge in [0.15, 0.2) is 17.5 Å². The molecule has 1 aromatic carbocycles. The van der Waals surface area contributed by atoms with Crippen LogP contribution >= 0.6 is 0 Å². The molecular formula is C12H15NO5. The molecule has 1 unspecified atom stereocenters. The first-order valence-electron chi connectivity index (χ1n) is 5.21. The van der Waals surface area contributed by atoms with Crippen molar-refractivity contribution in [3.63, 3.8) is 0 Å². The molecule has 0 heterocycles. The number of amides is 1. The van der Waals surface area contributed by atoms with Crippen LogP contribution in [-0.2, 0) is 9.59 Å². The molecule has 0 aromatic heterocycles. The van der Waals surface area contributed by atoms with Crippen molar-refractivity contribution in [1.82, 2.24) is 5.32 Å². The van der Waals surface area contributed by atoms with E-state index >= 15 is 0 Å². The van der Waals surface area contributed by atoms with E-state index in [4.69, 9.17) is 14.6 Å². The van der Waals surface area contributed by atoms with E-state index in [0.29, 0.717) is 17.1 Å². The highest BCUT2D eigenvalue weighted by Crippen LogP contribution is 2.30. The molecule has 98 valence electrons. The third-order valence-electron chi connectivity index (χ3n) is 2.34. The summed E-state index contributed by atoms with van der Waals surface area (Å²) in [4.78, 5) is 22.1. The van der Waals surface area contributed by atoms with Gasteiger partial charge in [-0.3, -0.25) is 4.79 Å². The van der Waals surface area contributed by atoms with Gasteiger partial charge in [-0.15, -0.1) is 0 Å². The van der Waals surface area contributed by atoms with Crippen LogP contribution in [0, 0.1) is 0 Å². The van der Waals surface area contributed by atoms with Crippen LogP contribution in [0.15, 0.2) is 18.2 Å². The molecule has 1 amide bonds. The largest absolute Gasteiger partial charge is 0.493 e. The smallest absolute Gasteiger partial charge is 0.330 e. The van der Waals surface area contributed by atoms with Crippen LogP contribution in [0.3, 0.4) is 0 Å². The lowest BCUT2D eigenvalue weighted by Crippen LogP contribution is -2.31. The molecule has 0 spiro atoms. The molecule has 1 aromatic rings. The first kappa shape index (κ1) is 13.8. The summed E-state index contributed by atoms with van der Waals surface area (Å²) in [6.07, 6.45) is 0. The van der Waals surface area contributed by atoms with E-state index in [2.05, 4.69) is 5.32 Å². The number of carboxylic acids is 1. The molecule has 0 aliphatic carbocycles. The maximum absolute atomic E-state index is 11.1. The average molecular weight is 253 g/mol. The first-order valence-corrected chi connectivity index (χ1v) is 5.21. The Labute approximate surface area is 105 Å². The van der Waals surface area contributed by atoms with Crippen LogP contribution in [-0.4, -0.2) is 31.2 Å². The lowest BCUT2D eigenvalue weighted by molar-refractivity contribution is -0.141. The van der Waals surface area contributed by atoms with Crippen LogP contribution in [0.25, 0.3) is 0 Å². The van der Waals surface area contributed by atoms with Gasteiger partial charge in [-0.1, -0.05) is 6.07 Å². The molecule has 0 aliphatic rings. The van der Waals surface area contributed by atoms with Gasteiger partial charge in [0, 0.05) is 6.92 Å². The van der Waals surface area contributed by atoms with Gasteiger partial charge in [-0.25, -0.2) is 4.79 Å². The molecule has 18 heavy (non-hydrogen) atoms. The minimum atomic E-state index is -1.14. The summed E-state index contributed by atoms with van der Waals surface area (Å²) in [7, 11) is 2.94.